The number of hydrogen-bond donors (Lipinski definition) is 2. The van der Waals surface area contributed by atoms with Crippen LogP contribution in [0.3, 0.4) is 0 Å². The lowest BCUT2D eigenvalue weighted by Gasteiger charge is -2.23. The van der Waals surface area contributed by atoms with Gasteiger partial charge >= 0.3 is 0 Å². The molecule has 0 bridgehead atoms. The Balaban J connectivity index is 1.79. The SMILES string of the molecule is Clc1ccc(NC[C@@H]2CCCCN2)nn1. The zero-order valence-corrected chi connectivity index (χ0v) is 9.30. The van der Waals surface area contributed by atoms with Crippen LogP contribution >= 0.6 is 11.6 Å². The maximum Gasteiger partial charge on any atom is 0.151 e. The normalized spacial score (nSPS) is 21.3. The number of halogens is 1. The molecule has 1 saturated heterocycles. The first kappa shape index (κ1) is 10.6. The van der Waals surface area contributed by atoms with Gasteiger partial charge in [0.05, 0.1) is 0 Å². The van der Waals surface area contributed by atoms with Gasteiger partial charge < -0.3 is 10.6 Å². The van der Waals surface area contributed by atoms with Gasteiger partial charge in [0.1, 0.15) is 5.82 Å². The number of piperidine rings is 1. The number of hydrogen-bond acceptors (Lipinski definition) is 4. The van der Waals surface area contributed by atoms with E-state index in [9.17, 15) is 0 Å². The van der Waals surface area contributed by atoms with Gasteiger partial charge in [0.15, 0.2) is 5.15 Å². The third-order valence-electron chi connectivity index (χ3n) is 2.57. The molecule has 0 spiro atoms. The van der Waals surface area contributed by atoms with Gasteiger partial charge in [-0.3, -0.25) is 0 Å². The Morgan fingerprint density at radius 1 is 1.40 bits per heavy atom. The van der Waals surface area contributed by atoms with Crippen molar-refractivity contribution in [1.29, 1.82) is 0 Å². The average molecular weight is 227 g/mol. The van der Waals surface area contributed by atoms with Crippen molar-refractivity contribution in [2.24, 2.45) is 0 Å². The fourth-order valence-corrected chi connectivity index (χ4v) is 1.84. The first-order valence-electron chi connectivity index (χ1n) is 5.31. The fourth-order valence-electron chi connectivity index (χ4n) is 1.74. The third-order valence-corrected chi connectivity index (χ3v) is 2.78. The topological polar surface area (TPSA) is 49.8 Å². The summed E-state index contributed by atoms with van der Waals surface area (Å²) >= 11 is 5.65. The summed E-state index contributed by atoms with van der Waals surface area (Å²) in [4.78, 5) is 0. The summed E-state index contributed by atoms with van der Waals surface area (Å²) in [5.41, 5.74) is 0. The van der Waals surface area contributed by atoms with Gasteiger partial charge in [-0.15, -0.1) is 10.2 Å². The summed E-state index contributed by atoms with van der Waals surface area (Å²) in [5.74, 6) is 0.784. The van der Waals surface area contributed by atoms with Crippen LogP contribution in [-0.2, 0) is 0 Å². The van der Waals surface area contributed by atoms with Crippen LogP contribution in [0.5, 0.6) is 0 Å². The maximum atomic E-state index is 5.65. The first-order valence-corrected chi connectivity index (χ1v) is 5.69. The minimum absolute atomic E-state index is 0.427. The van der Waals surface area contributed by atoms with E-state index in [0.717, 1.165) is 18.9 Å². The first-order chi connectivity index (χ1) is 7.34. The van der Waals surface area contributed by atoms with Crippen molar-refractivity contribution in [2.45, 2.75) is 25.3 Å². The molecule has 1 aromatic heterocycles. The quantitative estimate of drug-likeness (QED) is 0.824. The molecule has 1 aliphatic rings. The van der Waals surface area contributed by atoms with Crippen LogP contribution in [0, 0.1) is 0 Å². The van der Waals surface area contributed by atoms with Crippen molar-refractivity contribution in [2.75, 3.05) is 18.4 Å². The van der Waals surface area contributed by atoms with Gasteiger partial charge in [0.25, 0.3) is 0 Å². The number of rotatable bonds is 3. The zero-order chi connectivity index (χ0) is 10.5. The summed E-state index contributed by atoms with van der Waals surface area (Å²) in [6.07, 6.45) is 3.83. The second kappa shape index (κ2) is 5.28. The van der Waals surface area contributed by atoms with E-state index < -0.39 is 0 Å². The maximum absolute atomic E-state index is 5.65. The van der Waals surface area contributed by atoms with Crippen molar-refractivity contribution in [3.8, 4) is 0 Å². The van der Waals surface area contributed by atoms with E-state index in [1.54, 1.807) is 6.07 Å². The molecule has 1 fully saturated rings. The van der Waals surface area contributed by atoms with Gasteiger partial charge in [-0.05, 0) is 31.5 Å². The summed E-state index contributed by atoms with van der Waals surface area (Å²) < 4.78 is 0. The van der Waals surface area contributed by atoms with E-state index in [2.05, 4.69) is 20.8 Å². The molecule has 0 amide bonds. The second-order valence-electron chi connectivity index (χ2n) is 3.77. The van der Waals surface area contributed by atoms with Gasteiger partial charge in [-0.1, -0.05) is 18.0 Å². The monoisotopic (exact) mass is 226 g/mol. The second-order valence-corrected chi connectivity index (χ2v) is 4.16. The van der Waals surface area contributed by atoms with Gasteiger partial charge in [0, 0.05) is 12.6 Å². The predicted molar refractivity (Wildman–Crippen MR) is 61.2 cm³/mol. The highest BCUT2D eigenvalue weighted by atomic mass is 35.5. The molecule has 5 heteroatoms. The molecule has 15 heavy (non-hydrogen) atoms. The van der Waals surface area contributed by atoms with Crippen molar-refractivity contribution in [3.05, 3.63) is 17.3 Å². The van der Waals surface area contributed by atoms with Crippen LogP contribution < -0.4 is 10.6 Å². The Bertz CT molecular complexity index is 295. The Kier molecular flexibility index (Phi) is 3.75. The highest BCUT2D eigenvalue weighted by Gasteiger charge is 2.11. The Morgan fingerprint density at radius 2 is 2.33 bits per heavy atom. The minimum Gasteiger partial charge on any atom is -0.367 e. The van der Waals surface area contributed by atoms with Crippen molar-refractivity contribution in [1.82, 2.24) is 15.5 Å². The van der Waals surface area contributed by atoms with E-state index in [0.29, 0.717) is 11.2 Å². The van der Waals surface area contributed by atoms with Crippen LogP contribution in [0.25, 0.3) is 0 Å². The van der Waals surface area contributed by atoms with Gasteiger partial charge in [-0.25, -0.2) is 0 Å². The molecule has 2 heterocycles. The number of aromatic nitrogens is 2. The molecule has 4 nitrogen and oxygen atoms in total. The molecule has 1 aliphatic heterocycles. The highest BCUT2D eigenvalue weighted by Crippen LogP contribution is 2.09. The molecule has 1 atom stereocenters. The summed E-state index contributed by atoms with van der Waals surface area (Å²) in [5, 5.41) is 14.9. The number of anilines is 1. The van der Waals surface area contributed by atoms with Crippen molar-refractivity contribution >= 4 is 17.4 Å². The number of nitrogens with one attached hydrogen (secondary N) is 2. The standard InChI is InChI=1S/C10H15ClN4/c11-9-4-5-10(15-14-9)13-7-8-3-1-2-6-12-8/h4-5,8,12H,1-3,6-7H2,(H,13,15)/t8-/m0/s1. The molecule has 0 unspecified atom stereocenters. The summed E-state index contributed by atoms with van der Waals surface area (Å²) in [6.45, 7) is 2.02. The highest BCUT2D eigenvalue weighted by molar-refractivity contribution is 6.29. The molecular formula is C10H15ClN4. The van der Waals surface area contributed by atoms with Crippen LogP contribution in [0.1, 0.15) is 19.3 Å². The van der Waals surface area contributed by atoms with E-state index in [-0.39, 0.29) is 0 Å². The van der Waals surface area contributed by atoms with Gasteiger partial charge in [0.2, 0.25) is 0 Å². The molecule has 1 aromatic rings. The minimum atomic E-state index is 0.427. The summed E-state index contributed by atoms with van der Waals surface area (Å²) in [7, 11) is 0. The van der Waals surface area contributed by atoms with E-state index >= 15 is 0 Å². The van der Waals surface area contributed by atoms with E-state index in [1.165, 1.54) is 19.3 Å². The lowest BCUT2D eigenvalue weighted by atomic mass is 10.1. The predicted octanol–water partition coefficient (Wildman–Crippen LogP) is 1.68. The Hall–Kier alpha value is -0.870. The number of nitrogens with zero attached hydrogens (tertiary/aromatic N) is 2. The summed E-state index contributed by atoms with van der Waals surface area (Å²) in [6, 6.07) is 4.14. The van der Waals surface area contributed by atoms with Crippen LogP contribution in [-0.4, -0.2) is 29.3 Å². The molecule has 0 aliphatic carbocycles. The van der Waals surface area contributed by atoms with Crippen LogP contribution in [0.4, 0.5) is 5.82 Å². The van der Waals surface area contributed by atoms with E-state index in [1.807, 2.05) is 6.07 Å². The lowest BCUT2D eigenvalue weighted by Crippen LogP contribution is -2.39. The van der Waals surface area contributed by atoms with Crippen molar-refractivity contribution in [3.63, 3.8) is 0 Å². The molecular weight excluding hydrogens is 212 g/mol. The largest absolute Gasteiger partial charge is 0.367 e. The average Bonchev–Trinajstić information content (AvgIpc) is 2.30. The molecule has 82 valence electrons. The molecule has 2 rings (SSSR count). The third kappa shape index (κ3) is 3.32. The molecule has 0 radical (unpaired) electrons. The van der Waals surface area contributed by atoms with Crippen LogP contribution in [0.15, 0.2) is 12.1 Å². The van der Waals surface area contributed by atoms with Gasteiger partial charge in [-0.2, -0.15) is 0 Å². The fraction of sp³-hybridized carbons (Fsp3) is 0.600. The smallest absolute Gasteiger partial charge is 0.151 e. The van der Waals surface area contributed by atoms with Crippen LogP contribution in [0.2, 0.25) is 5.15 Å². The lowest BCUT2D eigenvalue weighted by molar-refractivity contribution is 0.414. The molecule has 2 N–H and O–H groups in total. The zero-order valence-electron chi connectivity index (χ0n) is 8.54. The molecule has 0 aromatic carbocycles. The van der Waals surface area contributed by atoms with E-state index in [4.69, 9.17) is 11.6 Å². The van der Waals surface area contributed by atoms with Crippen molar-refractivity contribution < 1.29 is 0 Å². The molecule has 0 saturated carbocycles. The Labute approximate surface area is 94.4 Å². The Morgan fingerprint density at radius 3 is 3.00 bits per heavy atom.